The third-order valence-electron chi connectivity index (χ3n) is 7.55. The molecule has 4 aromatic carbocycles. The molecule has 1 fully saturated rings. The molecule has 1 aliphatic rings. The van der Waals surface area contributed by atoms with Crippen molar-refractivity contribution in [2.24, 2.45) is 0 Å². The third kappa shape index (κ3) is 7.18. The average molecular weight is 600 g/mol. The Kier molecular flexibility index (Phi) is 9.45. The molecule has 4 aromatic rings. The first-order valence-electron chi connectivity index (χ1n) is 14.2. The SMILES string of the molecule is C=CCOC(=O)C(c1ccccc1)N1CCN(c2ccc(NC(=O)c3ccccc3-c3ccc(C(F)(F)F)cc3)cc2)CC1. The summed E-state index contributed by atoms with van der Waals surface area (Å²) in [5.41, 5.74) is 3.12. The summed E-state index contributed by atoms with van der Waals surface area (Å²) in [6, 6.07) is 28.2. The van der Waals surface area contributed by atoms with Crippen LogP contribution < -0.4 is 10.2 Å². The minimum atomic E-state index is -4.43. The summed E-state index contributed by atoms with van der Waals surface area (Å²) >= 11 is 0. The van der Waals surface area contributed by atoms with Gasteiger partial charge >= 0.3 is 12.1 Å². The van der Waals surface area contributed by atoms with E-state index in [-0.39, 0.29) is 18.5 Å². The highest BCUT2D eigenvalue weighted by Gasteiger charge is 2.32. The maximum Gasteiger partial charge on any atom is 0.416 e. The van der Waals surface area contributed by atoms with E-state index in [1.165, 1.54) is 12.1 Å². The largest absolute Gasteiger partial charge is 0.460 e. The van der Waals surface area contributed by atoms with Crippen molar-refractivity contribution in [1.82, 2.24) is 4.90 Å². The van der Waals surface area contributed by atoms with Gasteiger partial charge < -0.3 is 15.0 Å². The van der Waals surface area contributed by atoms with Gasteiger partial charge in [-0.1, -0.05) is 73.3 Å². The van der Waals surface area contributed by atoms with Crippen LogP contribution in [-0.2, 0) is 15.7 Å². The number of halogens is 3. The Morgan fingerprint density at radius 1 is 0.841 bits per heavy atom. The number of rotatable bonds is 9. The van der Waals surface area contributed by atoms with Crippen molar-refractivity contribution in [3.05, 3.63) is 132 Å². The minimum absolute atomic E-state index is 0.158. The lowest BCUT2D eigenvalue weighted by Gasteiger charge is -2.39. The van der Waals surface area contributed by atoms with Crippen molar-refractivity contribution in [3.8, 4) is 11.1 Å². The number of nitrogens with zero attached hydrogens (tertiary/aromatic N) is 2. The second kappa shape index (κ2) is 13.6. The van der Waals surface area contributed by atoms with Gasteiger partial charge in [0, 0.05) is 43.1 Å². The minimum Gasteiger partial charge on any atom is -0.460 e. The van der Waals surface area contributed by atoms with E-state index in [0.29, 0.717) is 48.6 Å². The summed E-state index contributed by atoms with van der Waals surface area (Å²) in [5, 5.41) is 2.90. The average Bonchev–Trinajstić information content (AvgIpc) is 3.05. The van der Waals surface area contributed by atoms with E-state index in [2.05, 4.69) is 21.7 Å². The second-order valence-corrected chi connectivity index (χ2v) is 10.4. The van der Waals surface area contributed by atoms with Gasteiger partial charge in [-0.2, -0.15) is 13.2 Å². The van der Waals surface area contributed by atoms with Crippen LogP contribution in [0.2, 0.25) is 0 Å². The van der Waals surface area contributed by atoms with Gasteiger partial charge in [-0.15, -0.1) is 0 Å². The summed E-state index contributed by atoms with van der Waals surface area (Å²) in [6.07, 6.45) is -2.87. The lowest BCUT2D eigenvalue weighted by Crippen LogP contribution is -2.49. The number of alkyl halides is 3. The van der Waals surface area contributed by atoms with Crippen LogP contribution in [-0.4, -0.2) is 49.6 Å². The summed E-state index contributed by atoms with van der Waals surface area (Å²) in [4.78, 5) is 30.5. The molecule has 1 N–H and O–H groups in total. The van der Waals surface area contributed by atoms with E-state index in [1.54, 1.807) is 30.3 Å². The summed E-state index contributed by atoms with van der Waals surface area (Å²) < 4.78 is 44.4. The number of amides is 1. The number of esters is 1. The molecule has 5 rings (SSSR count). The summed E-state index contributed by atoms with van der Waals surface area (Å²) in [7, 11) is 0. The van der Waals surface area contributed by atoms with Gasteiger partial charge in [0.15, 0.2) is 0 Å². The van der Waals surface area contributed by atoms with E-state index >= 15 is 0 Å². The predicted octanol–water partition coefficient (Wildman–Crippen LogP) is 7.22. The van der Waals surface area contributed by atoms with Crippen LogP contribution in [0.1, 0.15) is 27.5 Å². The van der Waals surface area contributed by atoms with Crippen molar-refractivity contribution in [1.29, 1.82) is 0 Å². The first-order valence-corrected chi connectivity index (χ1v) is 14.2. The lowest BCUT2D eigenvalue weighted by atomic mass is 9.98. The molecule has 0 spiro atoms. The Labute approximate surface area is 254 Å². The number of anilines is 2. The topological polar surface area (TPSA) is 61.9 Å². The Balaban J connectivity index is 1.23. The Hall–Kier alpha value is -4.89. The molecule has 0 bridgehead atoms. The van der Waals surface area contributed by atoms with Crippen molar-refractivity contribution in [3.63, 3.8) is 0 Å². The molecule has 0 saturated carbocycles. The van der Waals surface area contributed by atoms with Crippen LogP contribution >= 0.6 is 0 Å². The molecule has 1 heterocycles. The highest BCUT2D eigenvalue weighted by molar-refractivity contribution is 6.08. The maximum absolute atomic E-state index is 13.2. The third-order valence-corrected chi connectivity index (χ3v) is 7.55. The molecule has 1 atom stereocenters. The van der Waals surface area contributed by atoms with Crippen LogP contribution in [0.15, 0.2) is 116 Å². The fraction of sp³-hybridized carbons (Fsp3) is 0.200. The molecule has 1 saturated heterocycles. The van der Waals surface area contributed by atoms with Crippen molar-refractivity contribution >= 4 is 23.3 Å². The van der Waals surface area contributed by atoms with E-state index < -0.39 is 17.8 Å². The smallest absolute Gasteiger partial charge is 0.416 e. The van der Waals surface area contributed by atoms with Crippen LogP contribution in [0.3, 0.4) is 0 Å². The number of nitrogens with one attached hydrogen (secondary N) is 1. The molecular weight excluding hydrogens is 567 g/mol. The molecule has 0 radical (unpaired) electrons. The lowest BCUT2D eigenvalue weighted by molar-refractivity contribution is -0.149. The highest BCUT2D eigenvalue weighted by atomic mass is 19.4. The van der Waals surface area contributed by atoms with Crippen molar-refractivity contribution in [2.45, 2.75) is 12.2 Å². The van der Waals surface area contributed by atoms with Crippen LogP contribution in [0.4, 0.5) is 24.5 Å². The monoisotopic (exact) mass is 599 g/mol. The number of piperazine rings is 1. The number of ether oxygens (including phenoxy) is 1. The molecular formula is C35H32F3N3O3. The van der Waals surface area contributed by atoms with Gasteiger partial charge in [-0.25, -0.2) is 4.79 Å². The summed E-state index contributed by atoms with van der Waals surface area (Å²) in [5.74, 6) is -0.665. The standard InChI is InChI=1S/C35H32F3N3O3/c1-2-24-44-34(43)32(26-8-4-3-5-9-26)41-22-20-40(21-23-41)29-18-16-28(17-19-29)39-33(42)31-11-7-6-10-30(31)25-12-14-27(15-13-25)35(36,37)38/h2-19,32H,1,20-24H2,(H,39,42). The zero-order valence-electron chi connectivity index (χ0n) is 24.0. The number of benzene rings is 4. The first kappa shape index (κ1) is 30.6. The molecule has 0 aliphatic carbocycles. The zero-order valence-corrected chi connectivity index (χ0v) is 24.0. The van der Waals surface area contributed by atoms with Gasteiger partial charge in [0.05, 0.1) is 5.56 Å². The van der Waals surface area contributed by atoms with Gasteiger partial charge in [-0.3, -0.25) is 9.69 Å². The molecule has 1 unspecified atom stereocenters. The van der Waals surface area contributed by atoms with Crippen molar-refractivity contribution in [2.75, 3.05) is 43.0 Å². The fourth-order valence-corrected chi connectivity index (χ4v) is 5.32. The van der Waals surface area contributed by atoms with E-state index in [9.17, 15) is 22.8 Å². The zero-order chi connectivity index (χ0) is 31.1. The molecule has 1 aliphatic heterocycles. The normalized spacial score (nSPS) is 14.5. The van der Waals surface area contributed by atoms with Gasteiger partial charge in [0.25, 0.3) is 5.91 Å². The van der Waals surface area contributed by atoms with Gasteiger partial charge in [0.1, 0.15) is 12.6 Å². The molecule has 1 amide bonds. The van der Waals surface area contributed by atoms with Crippen LogP contribution in [0, 0.1) is 0 Å². The second-order valence-electron chi connectivity index (χ2n) is 10.4. The molecule has 9 heteroatoms. The van der Waals surface area contributed by atoms with E-state index in [1.807, 2.05) is 54.6 Å². The number of carbonyl (C=O) groups excluding carboxylic acids is 2. The Morgan fingerprint density at radius 2 is 1.48 bits per heavy atom. The Bertz CT molecular complexity index is 1580. The van der Waals surface area contributed by atoms with Crippen LogP contribution in [0.5, 0.6) is 0 Å². The van der Waals surface area contributed by atoms with Gasteiger partial charge in [-0.05, 0) is 59.2 Å². The number of hydrogen-bond acceptors (Lipinski definition) is 5. The molecule has 226 valence electrons. The summed E-state index contributed by atoms with van der Waals surface area (Å²) in [6.45, 7) is 6.50. The maximum atomic E-state index is 13.2. The predicted molar refractivity (Wildman–Crippen MR) is 165 cm³/mol. The highest BCUT2D eigenvalue weighted by Crippen LogP contribution is 2.32. The van der Waals surface area contributed by atoms with Gasteiger partial charge in [0.2, 0.25) is 0 Å². The Morgan fingerprint density at radius 3 is 2.11 bits per heavy atom. The van der Waals surface area contributed by atoms with E-state index in [0.717, 1.165) is 23.4 Å². The fourth-order valence-electron chi connectivity index (χ4n) is 5.32. The quantitative estimate of drug-likeness (QED) is 0.163. The van der Waals surface area contributed by atoms with E-state index in [4.69, 9.17) is 4.74 Å². The molecule has 0 aromatic heterocycles. The number of hydrogen-bond donors (Lipinski definition) is 1. The first-order chi connectivity index (χ1) is 21.2. The number of carbonyl (C=O) groups is 2. The molecule has 6 nitrogen and oxygen atoms in total. The molecule has 44 heavy (non-hydrogen) atoms. The van der Waals surface area contributed by atoms with Crippen LogP contribution in [0.25, 0.3) is 11.1 Å². The van der Waals surface area contributed by atoms with Crippen molar-refractivity contribution < 1.29 is 27.5 Å².